The van der Waals surface area contributed by atoms with Gasteiger partial charge in [0.05, 0.1) is 7.11 Å². The number of hydrogen-bond acceptors (Lipinski definition) is 2. The van der Waals surface area contributed by atoms with Crippen LogP contribution in [0.1, 0.15) is 45.7 Å². The standard InChI is InChI=1S/C15H23F2NO/c1-6-15(3,4)14(18-7-2)13-11(16)8-10(19-5)9-12(13)17/h8-9,14,18H,6-7H2,1-5H3. The summed E-state index contributed by atoms with van der Waals surface area (Å²) in [4.78, 5) is 0. The summed E-state index contributed by atoms with van der Waals surface area (Å²) in [5.74, 6) is -0.933. The fourth-order valence-corrected chi connectivity index (χ4v) is 2.13. The van der Waals surface area contributed by atoms with Crippen LogP contribution in [-0.4, -0.2) is 13.7 Å². The molecular weight excluding hydrogens is 248 g/mol. The molecule has 1 atom stereocenters. The first-order valence-corrected chi connectivity index (χ1v) is 6.63. The van der Waals surface area contributed by atoms with E-state index in [4.69, 9.17) is 4.74 Å². The summed E-state index contributed by atoms with van der Waals surface area (Å²) in [6.45, 7) is 8.60. The average Bonchev–Trinajstić information content (AvgIpc) is 2.36. The molecule has 1 N–H and O–H groups in total. The summed E-state index contributed by atoms with van der Waals surface area (Å²) in [7, 11) is 1.39. The zero-order chi connectivity index (χ0) is 14.6. The molecule has 1 aromatic carbocycles. The Morgan fingerprint density at radius 3 is 2.11 bits per heavy atom. The maximum atomic E-state index is 14.2. The third-order valence-corrected chi connectivity index (χ3v) is 3.68. The highest BCUT2D eigenvalue weighted by molar-refractivity contribution is 5.33. The Bertz CT molecular complexity index is 409. The smallest absolute Gasteiger partial charge is 0.134 e. The van der Waals surface area contributed by atoms with E-state index in [0.29, 0.717) is 6.54 Å². The van der Waals surface area contributed by atoms with E-state index in [1.54, 1.807) is 0 Å². The van der Waals surface area contributed by atoms with Crippen molar-refractivity contribution in [2.75, 3.05) is 13.7 Å². The molecule has 0 aromatic heterocycles. The van der Waals surface area contributed by atoms with Gasteiger partial charge in [0.1, 0.15) is 17.4 Å². The molecule has 0 bridgehead atoms. The lowest BCUT2D eigenvalue weighted by atomic mass is 9.78. The highest BCUT2D eigenvalue weighted by Gasteiger charge is 2.33. The summed E-state index contributed by atoms with van der Waals surface area (Å²) in [5, 5.41) is 3.19. The SMILES string of the molecule is CCNC(c1c(F)cc(OC)cc1F)C(C)(C)CC. The summed E-state index contributed by atoms with van der Waals surface area (Å²) >= 11 is 0. The number of nitrogens with one attached hydrogen (secondary N) is 1. The number of rotatable bonds is 6. The van der Waals surface area contributed by atoms with Crippen LogP contribution in [0.3, 0.4) is 0 Å². The van der Waals surface area contributed by atoms with Crippen LogP contribution in [0, 0.1) is 17.0 Å². The minimum Gasteiger partial charge on any atom is -0.497 e. The summed E-state index contributed by atoms with van der Waals surface area (Å²) in [5.41, 5.74) is -0.152. The average molecular weight is 271 g/mol. The molecule has 4 heteroatoms. The van der Waals surface area contributed by atoms with Gasteiger partial charge in [-0.15, -0.1) is 0 Å². The molecule has 0 heterocycles. The topological polar surface area (TPSA) is 21.3 Å². The van der Waals surface area contributed by atoms with E-state index in [2.05, 4.69) is 5.32 Å². The van der Waals surface area contributed by atoms with Crippen LogP contribution in [0.5, 0.6) is 5.75 Å². The van der Waals surface area contributed by atoms with Gasteiger partial charge >= 0.3 is 0 Å². The Balaban J connectivity index is 3.31. The number of benzene rings is 1. The van der Waals surface area contributed by atoms with Crippen molar-refractivity contribution in [2.45, 2.75) is 40.2 Å². The predicted octanol–water partition coefficient (Wildman–Crippen LogP) is 4.06. The molecule has 0 aliphatic heterocycles. The lowest BCUT2D eigenvalue weighted by molar-refractivity contribution is 0.226. The van der Waals surface area contributed by atoms with Gasteiger partial charge in [-0.1, -0.05) is 27.7 Å². The molecule has 0 fully saturated rings. The summed E-state index contributed by atoms with van der Waals surface area (Å²) in [6, 6.07) is 2.09. The number of halogens is 2. The molecule has 19 heavy (non-hydrogen) atoms. The van der Waals surface area contributed by atoms with Crippen LogP contribution in [0.2, 0.25) is 0 Å². The fourth-order valence-electron chi connectivity index (χ4n) is 2.13. The Morgan fingerprint density at radius 2 is 1.74 bits per heavy atom. The molecule has 1 rings (SSSR count). The second kappa shape index (κ2) is 6.33. The van der Waals surface area contributed by atoms with Gasteiger partial charge in [-0.2, -0.15) is 0 Å². The minimum atomic E-state index is -0.565. The molecule has 1 unspecified atom stereocenters. The van der Waals surface area contributed by atoms with E-state index in [1.807, 2.05) is 27.7 Å². The lowest BCUT2D eigenvalue weighted by Gasteiger charge is -2.35. The van der Waals surface area contributed by atoms with Crippen molar-refractivity contribution < 1.29 is 13.5 Å². The normalized spacial score (nSPS) is 13.4. The van der Waals surface area contributed by atoms with E-state index in [9.17, 15) is 8.78 Å². The van der Waals surface area contributed by atoms with Crippen LogP contribution in [0.25, 0.3) is 0 Å². The maximum Gasteiger partial charge on any atom is 0.134 e. The number of methoxy groups -OCH3 is 1. The van der Waals surface area contributed by atoms with Gasteiger partial charge in [-0.25, -0.2) is 8.78 Å². The molecule has 0 amide bonds. The van der Waals surface area contributed by atoms with Crippen molar-refractivity contribution in [2.24, 2.45) is 5.41 Å². The lowest BCUT2D eigenvalue weighted by Crippen LogP contribution is -2.35. The van der Waals surface area contributed by atoms with Crippen LogP contribution in [0.15, 0.2) is 12.1 Å². The second-order valence-electron chi connectivity index (χ2n) is 5.34. The van der Waals surface area contributed by atoms with Crippen LogP contribution >= 0.6 is 0 Å². The molecule has 0 aliphatic carbocycles. The first-order chi connectivity index (χ1) is 8.87. The van der Waals surface area contributed by atoms with Gasteiger partial charge in [0.2, 0.25) is 0 Å². The largest absolute Gasteiger partial charge is 0.497 e. The van der Waals surface area contributed by atoms with E-state index < -0.39 is 11.6 Å². The zero-order valence-corrected chi connectivity index (χ0v) is 12.3. The number of ether oxygens (including phenoxy) is 1. The molecule has 0 saturated heterocycles. The van der Waals surface area contributed by atoms with Crippen LogP contribution in [-0.2, 0) is 0 Å². The first kappa shape index (κ1) is 15.9. The number of hydrogen-bond donors (Lipinski definition) is 1. The van der Waals surface area contributed by atoms with Crippen molar-refractivity contribution >= 4 is 0 Å². The molecular formula is C15H23F2NO. The highest BCUT2D eigenvalue weighted by Crippen LogP contribution is 2.39. The van der Waals surface area contributed by atoms with Gasteiger partial charge in [-0.05, 0) is 18.4 Å². The quantitative estimate of drug-likeness (QED) is 0.842. The molecule has 0 spiro atoms. The fraction of sp³-hybridized carbons (Fsp3) is 0.600. The predicted molar refractivity (Wildman–Crippen MR) is 73.4 cm³/mol. The Kier molecular flexibility index (Phi) is 5.29. The monoisotopic (exact) mass is 271 g/mol. The molecule has 1 aromatic rings. The minimum absolute atomic E-state index is 0.0921. The van der Waals surface area contributed by atoms with Gasteiger partial charge in [0.25, 0.3) is 0 Å². The Morgan fingerprint density at radius 1 is 1.21 bits per heavy atom. The van der Waals surface area contributed by atoms with Crippen molar-refractivity contribution in [3.8, 4) is 5.75 Å². The zero-order valence-electron chi connectivity index (χ0n) is 12.3. The molecule has 2 nitrogen and oxygen atoms in total. The third-order valence-electron chi connectivity index (χ3n) is 3.68. The first-order valence-electron chi connectivity index (χ1n) is 6.63. The summed E-state index contributed by atoms with van der Waals surface area (Å²) in [6.07, 6.45) is 0.815. The van der Waals surface area contributed by atoms with E-state index in [0.717, 1.165) is 6.42 Å². The third kappa shape index (κ3) is 3.44. The Hall–Kier alpha value is -1.16. The van der Waals surface area contributed by atoms with E-state index >= 15 is 0 Å². The van der Waals surface area contributed by atoms with Crippen molar-refractivity contribution in [1.29, 1.82) is 0 Å². The molecule has 0 radical (unpaired) electrons. The molecule has 0 saturated carbocycles. The Labute approximate surface area is 114 Å². The van der Waals surface area contributed by atoms with Gasteiger partial charge in [0, 0.05) is 23.7 Å². The van der Waals surface area contributed by atoms with Crippen LogP contribution < -0.4 is 10.1 Å². The van der Waals surface area contributed by atoms with Gasteiger partial charge in [-0.3, -0.25) is 0 Å². The van der Waals surface area contributed by atoms with Gasteiger partial charge in [0.15, 0.2) is 0 Å². The van der Waals surface area contributed by atoms with Crippen LogP contribution in [0.4, 0.5) is 8.78 Å². The van der Waals surface area contributed by atoms with Crippen molar-refractivity contribution in [1.82, 2.24) is 5.32 Å². The molecule has 0 aliphatic rings. The van der Waals surface area contributed by atoms with Gasteiger partial charge < -0.3 is 10.1 Å². The highest BCUT2D eigenvalue weighted by atomic mass is 19.1. The van der Waals surface area contributed by atoms with E-state index in [1.165, 1.54) is 19.2 Å². The molecule has 108 valence electrons. The van der Waals surface area contributed by atoms with Crippen molar-refractivity contribution in [3.63, 3.8) is 0 Å². The maximum absolute atomic E-state index is 14.2. The summed E-state index contributed by atoms with van der Waals surface area (Å²) < 4.78 is 33.2. The van der Waals surface area contributed by atoms with Crippen molar-refractivity contribution in [3.05, 3.63) is 29.3 Å². The second-order valence-corrected chi connectivity index (χ2v) is 5.34. The van der Waals surface area contributed by atoms with E-state index in [-0.39, 0.29) is 22.8 Å².